The molecule has 4 aliphatic rings. The van der Waals surface area contributed by atoms with E-state index in [4.69, 9.17) is 4.74 Å². The van der Waals surface area contributed by atoms with Crippen molar-refractivity contribution < 1.29 is 13.2 Å². The zero-order chi connectivity index (χ0) is 27.9. The van der Waals surface area contributed by atoms with Crippen LogP contribution in [0.15, 0.2) is 78.9 Å². The van der Waals surface area contributed by atoms with Gasteiger partial charge in [0.2, 0.25) is 10.0 Å². The summed E-state index contributed by atoms with van der Waals surface area (Å²) < 4.78 is 31.5. The summed E-state index contributed by atoms with van der Waals surface area (Å²) in [6.07, 6.45) is 7.64. The lowest BCUT2D eigenvalue weighted by molar-refractivity contribution is -0.101. The highest BCUT2D eigenvalue weighted by molar-refractivity contribution is 7.92. The largest absolute Gasteiger partial charge is 0.496 e. The number of hydrogen-bond donors (Lipinski definition) is 1. The third kappa shape index (κ3) is 5.15. The third-order valence-electron chi connectivity index (χ3n) is 9.60. The van der Waals surface area contributed by atoms with Crippen LogP contribution in [0, 0.1) is 5.92 Å². The van der Waals surface area contributed by atoms with Crippen LogP contribution >= 0.6 is 0 Å². The third-order valence-corrected chi connectivity index (χ3v) is 10.8. The predicted octanol–water partition coefficient (Wildman–Crippen LogP) is 5.40. The maximum atomic E-state index is 12.2. The molecule has 0 amide bonds. The Balaban J connectivity index is 1.38. The average Bonchev–Trinajstić information content (AvgIpc) is 2.96. The van der Waals surface area contributed by atoms with Gasteiger partial charge in [-0.25, -0.2) is 8.42 Å². The van der Waals surface area contributed by atoms with Crippen molar-refractivity contribution in [3.63, 3.8) is 0 Å². The Morgan fingerprint density at radius 1 is 0.950 bits per heavy atom. The highest BCUT2D eigenvalue weighted by Gasteiger charge is 2.54. The van der Waals surface area contributed by atoms with E-state index in [2.05, 4.69) is 70.9 Å². The summed E-state index contributed by atoms with van der Waals surface area (Å²) in [5, 5.41) is 4.02. The van der Waals surface area contributed by atoms with Crippen LogP contribution in [0.1, 0.15) is 54.7 Å². The minimum atomic E-state index is -3.36. The number of ether oxygens (including phenoxy) is 1. The van der Waals surface area contributed by atoms with Gasteiger partial charge in [-0.3, -0.25) is 9.21 Å². The molecule has 4 unspecified atom stereocenters. The summed E-state index contributed by atoms with van der Waals surface area (Å²) in [6.45, 7) is 0.617. The Morgan fingerprint density at radius 2 is 1.55 bits per heavy atom. The summed E-state index contributed by atoms with van der Waals surface area (Å²) in [6, 6.07) is 29.6. The van der Waals surface area contributed by atoms with E-state index >= 15 is 0 Å². The van der Waals surface area contributed by atoms with Gasteiger partial charge in [-0.2, -0.15) is 0 Å². The van der Waals surface area contributed by atoms with Gasteiger partial charge >= 0.3 is 0 Å². The lowest BCUT2D eigenvalue weighted by atomic mass is 9.63. The molecule has 4 fully saturated rings. The zero-order valence-corrected chi connectivity index (χ0v) is 24.6. The van der Waals surface area contributed by atoms with Crippen LogP contribution in [0.2, 0.25) is 0 Å². The molecule has 7 rings (SSSR count). The van der Waals surface area contributed by atoms with E-state index in [0.717, 1.165) is 11.3 Å². The standard InChI is InChI=1S/C33H41N3O3S/c1-35(40(3,37)38)27-17-18-30(39-2)26(21-27)22-34-32-25-19-28-15-10-16-29(20-25)36(28)33(32)31(23-11-6-4-7-12-23)24-13-8-5-9-14-24/h4-9,11-14,17-18,21,25,28-29,31-34H,10,15-16,19-20,22H2,1-3H3. The number of piperidine rings is 4. The summed E-state index contributed by atoms with van der Waals surface area (Å²) in [7, 11) is -0.0827. The second-order valence-electron chi connectivity index (χ2n) is 11.8. The number of fused-ring (bicyclic) bond motifs is 1. The molecule has 40 heavy (non-hydrogen) atoms. The van der Waals surface area contributed by atoms with Crippen LogP contribution < -0.4 is 14.4 Å². The van der Waals surface area contributed by atoms with Crippen LogP contribution in [-0.2, 0) is 16.6 Å². The molecule has 0 aromatic heterocycles. The first kappa shape index (κ1) is 27.3. The molecule has 4 heterocycles. The van der Waals surface area contributed by atoms with E-state index < -0.39 is 10.0 Å². The van der Waals surface area contributed by atoms with E-state index in [1.54, 1.807) is 14.2 Å². The average molecular weight is 560 g/mol. The van der Waals surface area contributed by atoms with E-state index in [0.29, 0.717) is 42.3 Å². The molecule has 3 aromatic rings. The zero-order valence-electron chi connectivity index (χ0n) is 23.7. The van der Waals surface area contributed by atoms with Gasteiger partial charge in [0.15, 0.2) is 0 Å². The quantitative estimate of drug-likeness (QED) is 0.381. The number of rotatable bonds is 9. The Morgan fingerprint density at radius 3 is 2.10 bits per heavy atom. The number of sulfonamides is 1. The molecule has 4 bridgehead atoms. The Kier molecular flexibility index (Phi) is 7.64. The van der Waals surface area contributed by atoms with E-state index in [-0.39, 0.29) is 5.92 Å². The molecule has 0 spiro atoms. The van der Waals surface area contributed by atoms with Crippen molar-refractivity contribution in [2.24, 2.45) is 5.92 Å². The molecule has 4 saturated heterocycles. The maximum Gasteiger partial charge on any atom is 0.231 e. The minimum Gasteiger partial charge on any atom is -0.496 e. The van der Waals surface area contributed by atoms with Crippen molar-refractivity contribution in [1.82, 2.24) is 10.2 Å². The Bertz CT molecular complexity index is 1360. The van der Waals surface area contributed by atoms with Gasteiger partial charge in [-0.15, -0.1) is 0 Å². The fourth-order valence-electron chi connectivity index (χ4n) is 7.80. The monoisotopic (exact) mass is 559 g/mol. The van der Waals surface area contributed by atoms with Gasteiger partial charge in [-0.1, -0.05) is 67.1 Å². The van der Waals surface area contributed by atoms with Crippen molar-refractivity contribution in [3.8, 4) is 5.75 Å². The molecule has 1 N–H and O–H groups in total. The fraction of sp³-hybridized carbons (Fsp3) is 0.455. The summed E-state index contributed by atoms with van der Waals surface area (Å²) in [5.41, 5.74) is 4.35. The number of nitrogens with zero attached hydrogens (tertiary/aromatic N) is 2. The van der Waals surface area contributed by atoms with Crippen LogP contribution in [0.4, 0.5) is 5.69 Å². The second kappa shape index (κ2) is 11.2. The van der Waals surface area contributed by atoms with Gasteiger partial charge in [0.05, 0.1) is 19.1 Å². The van der Waals surface area contributed by atoms with Gasteiger partial charge in [0.25, 0.3) is 0 Å². The fourth-order valence-corrected chi connectivity index (χ4v) is 8.29. The molecule has 6 nitrogen and oxygen atoms in total. The van der Waals surface area contributed by atoms with Crippen molar-refractivity contribution in [2.45, 2.75) is 68.7 Å². The molecular formula is C33H41N3O3S. The van der Waals surface area contributed by atoms with E-state index in [1.165, 1.54) is 53.8 Å². The van der Waals surface area contributed by atoms with Crippen LogP contribution in [0.3, 0.4) is 0 Å². The summed E-state index contributed by atoms with van der Waals surface area (Å²) in [4.78, 5) is 2.90. The molecule has 4 aliphatic heterocycles. The molecule has 0 saturated carbocycles. The highest BCUT2D eigenvalue weighted by Crippen LogP contribution is 2.50. The van der Waals surface area contributed by atoms with Crippen molar-refractivity contribution in [3.05, 3.63) is 95.6 Å². The molecule has 3 aromatic carbocycles. The summed E-state index contributed by atoms with van der Waals surface area (Å²) >= 11 is 0. The molecule has 212 valence electrons. The molecule has 7 heteroatoms. The molecule has 4 atom stereocenters. The Hall–Kier alpha value is -2.87. The second-order valence-corrected chi connectivity index (χ2v) is 13.9. The lowest BCUT2D eigenvalue weighted by Gasteiger charge is -2.63. The van der Waals surface area contributed by atoms with Crippen LogP contribution in [0.5, 0.6) is 5.75 Å². The van der Waals surface area contributed by atoms with E-state index in [9.17, 15) is 8.42 Å². The van der Waals surface area contributed by atoms with Gasteiger partial charge in [-0.05, 0) is 60.9 Å². The van der Waals surface area contributed by atoms with Gasteiger partial charge < -0.3 is 10.1 Å². The van der Waals surface area contributed by atoms with Crippen molar-refractivity contribution in [2.75, 3.05) is 24.7 Å². The van der Waals surface area contributed by atoms with Crippen LogP contribution in [0.25, 0.3) is 0 Å². The first-order valence-corrected chi connectivity index (χ1v) is 16.4. The highest BCUT2D eigenvalue weighted by atomic mass is 32.2. The van der Waals surface area contributed by atoms with E-state index in [1.807, 2.05) is 18.2 Å². The van der Waals surface area contributed by atoms with Gasteiger partial charge in [0.1, 0.15) is 5.75 Å². The SMILES string of the molecule is COc1ccc(N(C)S(C)(=O)=O)cc1CNC1C2CC3CCCC(C2)N3C1C(c1ccccc1)c1ccccc1. The number of nitrogens with one attached hydrogen (secondary N) is 1. The smallest absolute Gasteiger partial charge is 0.231 e. The first-order chi connectivity index (χ1) is 19.3. The Labute approximate surface area is 239 Å². The van der Waals surface area contributed by atoms with Crippen LogP contribution in [-0.4, -0.2) is 57.9 Å². The first-order valence-electron chi connectivity index (χ1n) is 14.6. The molecule has 0 aliphatic carbocycles. The lowest BCUT2D eigenvalue weighted by Crippen LogP contribution is -2.71. The predicted molar refractivity (Wildman–Crippen MR) is 161 cm³/mol. The maximum absolute atomic E-state index is 12.2. The number of anilines is 1. The number of hydrogen-bond acceptors (Lipinski definition) is 5. The number of benzene rings is 3. The minimum absolute atomic E-state index is 0.260. The molecular weight excluding hydrogens is 518 g/mol. The normalized spacial score (nSPS) is 27.5. The summed E-state index contributed by atoms with van der Waals surface area (Å²) in [5.74, 6) is 1.64. The number of methoxy groups -OCH3 is 1. The van der Waals surface area contributed by atoms with Gasteiger partial charge in [0, 0.05) is 49.2 Å². The molecule has 0 radical (unpaired) electrons. The topological polar surface area (TPSA) is 61.9 Å². The van der Waals surface area contributed by atoms with Crippen molar-refractivity contribution in [1.29, 1.82) is 0 Å². The van der Waals surface area contributed by atoms with Crippen molar-refractivity contribution >= 4 is 15.7 Å².